The minimum absolute atomic E-state index is 0.0226. The first-order valence-electron chi connectivity index (χ1n) is 5.79. The monoisotopic (exact) mass is 226 g/mol. The normalized spacial score (nSPS) is 21.6. The van der Waals surface area contributed by atoms with Crippen LogP contribution in [0.5, 0.6) is 0 Å². The molecule has 1 saturated carbocycles. The Morgan fingerprint density at radius 2 is 1.69 bits per heavy atom. The zero-order chi connectivity index (χ0) is 12.6. The van der Waals surface area contributed by atoms with Crippen LogP contribution in [-0.2, 0) is 9.59 Å². The van der Waals surface area contributed by atoms with Crippen LogP contribution in [0.4, 0.5) is 0 Å². The highest BCUT2D eigenvalue weighted by Crippen LogP contribution is 2.68. The predicted molar refractivity (Wildman–Crippen MR) is 62.5 cm³/mol. The number of nitrogens with two attached hydrogens (primary N) is 1. The first-order chi connectivity index (χ1) is 7.25. The van der Waals surface area contributed by atoms with Crippen molar-refractivity contribution in [3.8, 4) is 0 Å². The van der Waals surface area contributed by atoms with E-state index in [0.29, 0.717) is 19.4 Å². The van der Waals surface area contributed by atoms with Crippen molar-refractivity contribution in [2.75, 3.05) is 6.54 Å². The quantitative estimate of drug-likeness (QED) is 0.752. The van der Waals surface area contributed by atoms with Crippen LogP contribution in [-0.4, -0.2) is 18.4 Å². The minimum atomic E-state index is -0.214. The average molecular weight is 226 g/mol. The largest absolute Gasteiger partial charge is 0.330 e. The molecule has 0 saturated heterocycles. The van der Waals surface area contributed by atoms with E-state index >= 15 is 0 Å². The molecule has 4 heteroatoms. The summed E-state index contributed by atoms with van der Waals surface area (Å²) in [6.45, 7) is 8.70. The maximum absolute atomic E-state index is 11.8. The molecule has 0 aromatic carbocycles. The number of nitrogens with one attached hydrogen (secondary N) is 1. The number of imide groups is 1. The molecular weight excluding hydrogens is 204 g/mol. The van der Waals surface area contributed by atoms with E-state index in [1.54, 1.807) is 0 Å². The molecule has 0 bridgehead atoms. The van der Waals surface area contributed by atoms with Gasteiger partial charge in [0.25, 0.3) is 0 Å². The lowest BCUT2D eigenvalue weighted by Gasteiger charge is -2.04. The number of rotatable bonds is 4. The van der Waals surface area contributed by atoms with Crippen molar-refractivity contribution >= 4 is 11.8 Å². The molecule has 0 heterocycles. The lowest BCUT2D eigenvalue weighted by molar-refractivity contribution is -0.131. The van der Waals surface area contributed by atoms with Crippen LogP contribution in [0.25, 0.3) is 0 Å². The van der Waals surface area contributed by atoms with Crippen molar-refractivity contribution in [3.63, 3.8) is 0 Å². The fourth-order valence-corrected chi connectivity index (χ4v) is 2.39. The Labute approximate surface area is 97.0 Å². The van der Waals surface area contributed by atoms with Gasteiger partial charge in [-0.05, 0) is 23.8 Å². The van der Waals surface area contributed by atoms with Gasteiger partial charge < -0.3 is 5.73 Å². The van der Waals surface area contributed by atoms with Crippen molar-refractivity contribution in [1.82, 2.24) is 5.32 Å². The van der Waals surface area contributed by atoms with Crippen molar-refractivity contribution < 1.29 is 9.59 Å². The maximum atomic E-state index is 11.8. The third-order valence-corrected chi connectivity index (χ3v) is 4.15. The molecule has 0 aromatic rings. The van der Waals surface area contributed by atoms with Crippen LogP contribution in [0.3, 0.4) is 0 Å². The smallest absolute Gasteiger partial charge is 0.230 e. The van der Waals surface area contributed by atoms with E-state index in [-0.39, 0.29) is 28.6 Å². The maximum Gasteiger partial charge on any atom is 0.230 e. The third kappa shape index (κ3) is 2.12. The Balaban J connectivity index is 2.47. The van der Waals surface area contributed by atoms with Gasteiger partial charge in [0.2, 0.25) is 11.8 Å². The molecule has 16 heavy (non-hydrogen) atoms. The van der Waals surface area contributed by atoms with Crippen molar-refractivity contribution in [3.05, 3.63) is 0 Å². The van der Waals surface area contributed by atoms with E-state index in [0.717, 1.165) is 0 Å². The molecule has 1 aliphatic carbocycles. The molecule has 1 rings (SSSR count). The molecule has 0 spiro atoms. The summed E-state index contributed by atoms with van der Waals surface area (Å²) >= 11 is 0. The van der Waals surface area contributed by atoms with E-state index in [4.69, 9.17) is 5.73 Å². The van der Waals surface area contributed by atoms with Gasteiger partial charge in [0.1, 0.15) is 0 Å². The first kappa shape index (κ1) is 13.2. The second kappa shape index (κ2) is 4.17. The highest BCUT2D eigenvalue weighted by molar-refractivity contribution is 5.98. The van der Waals surface area contributed by atoms with Crippen LogP contribution in [0, 0.1) is 16.7 Å². The topological polar surface area (TPSA) is 72.2 Å². The highest BCUT2D eigenvalue weighted by Gasteiger charge is 2.68. The SMILES string of the molecule is CC1(C)C(C(=O)NC(=O)CCCN)C1(C)C. The number of carbonyl (C=O) groups excluding carboxylic acids is 2. The van der Waals surface area contributed by atoms with Crippen molar-refractivity contribution in [2.45, 2.75) is 40.5 Å². The molecule has 4 nitrogen and oxygen atoms in total. The van der Waals surface area contributed by atoms with Gasteiger partial charge in [0.15, 0.2) is 0 Å². The van der Waals surface area contributed by atoms with E-state index < -0.39 is 0 Å². The molecular formula is C12H22N2O2. The molecule has 0 aromatic heterocycles. The lowest BCUT2D eigenvalue weighted by Crippen LogP contribution is -2.33. The van der Waals surface area contributed by atoms with Crippen LogP contribution >= 0.6 is 0 Å². The Morgan fingerprint density at radius 1 is 1.19 bits per heavy atom. The summed E-state index contributed by atoms with van der Waals surface area (Å²) < 4.78 is 0. The molecule has 1 fully saturated rings. The zero-order valence-electron chi connectivity index (χ0n) is 10.6. The molecule has 2 amide bonds. The van der Waals surface area contributed by atoms with Crippen LogP contribution in [0.15, 0.2) is 0 Å². The van der Waals surface area contributed by atoms with E-state index in [2.05, 4.69) is 33.0 Å². The highest BCUT2D eigenvalue weighted by atomic mass is 16.2. The minimum Gasteiger partial charge on any atom is -0.330 e. The number of amides is 2. The number of carbonyl (C=O) groups is 2. The Kier molecular flexibility index (Phi) is 3.43. The molecule has 0 radical (unpaired) electrons. The lowest BCUT2D eigenvalue weighted by atomic mass is 10.0. The van der Waals surface area contributed by atoms with Crippen molar-refractivity contribution in [1.29, 1.82) is 0 Å². The van der Waals surface area contributed by atoms with Gasteiger partial charge in [-0.2, -0.15) is 0 Å². The van der Waals surface area contributed by atoms with Gasteiger partial charge in [0.05, 0.1) is 0 Å². The van der Waals surface area contributed by atoms with E-state index in [1.807, 2.05) is 0 Å². The van der Waals surface area contributed by atoms with Gasteiger partial charge in [-0.1, -0.05) is 27.7 Å². The zero-order valence-corrected chi connectivity index (χ0v) is 10.6. The van der Waals surface area contributed by atoms with Crippen LogP contribution < -0.4 is 11.1 Å². The fraction of sp³-hybridized carbons (Fsp3) is 0.833. The summed E-state index contributed by atoms with van der Waals surface area (Å²) in [7, 11) is 0. The molecule has 3 N–H and O–H groups in total. The summed E-state index contributed by atoms with van der Waals surface area (Å²) in [6, 6.07) is 0. The second-order valence-electron chi connectivity index (χ2n) is 5.68. The Hall–Kier alpha value is -0.900. The standard InChI is InChI=1S/C12H22N2O2/c1-11(2)9(12(11,3)4)10(16)14-8(15)6-5-7-13/h9H,5-7,13H2,1-4H3,(H,14,15,16). The molecule has 0 unspecified atom stereocenters. The van der Waals surface area contributed by atoms with Gasteiger partial charge >= 0.3 is 0 Å². The fourth-order valence-electron chi connectivity index (χ4n) is 2.39. The molecule has 0 atom stereocenters. The molecule has 0 aliphatic heterocycles. The van der Waals surface area contributed by atoms with E-state index in [9.17, 15) is 9.59 Å². The Bertz CT molecular complexity index is 294. The first-order valence-corrected chi connectivity index (χ1v) is 5.79. The average Bonchev–Trinajstić information content (AvgIpc) is 2.54. The van der Waals surface area contributed by atoms with Gasteiger partial charge in [-0.15, -0.1) is 0 Å². The molecule has 92 valence electrons. The van der Waals surface area contributed by atoms with Gasteiger partial charge in [-0.3, -0.25) is 14.9 Å². The number of hydrogen-bond donors (Lipinski definition) is 2. The van der Waals surface area contributed by atoms with Crippen LogP contribution in [0.1, 0.15) is 40.5 Å². The summed E-state index contributed by atoms with van der Waals surface area (Å²) in [5.74, 6) is -0.423. The molecule has 1 aliphatic rings. The second-order valence-corrected chi connectivity index (χ2v) is 5.68. The van der Waals surface area contributed by atoms with Gasteiger partial charge in [-0.25, -0.2) is 0 Å². The Morgan fingerprint density at radius 3 is 2.06 bits per heavy atom. The summed E-state index contributed by atoms with van der Waals surface area (Å²) in [6.07, 6.45) is 0.951. The van der Waals surface area contributed by atoms with Gasteiger partial charge in [0, 0.05) is 12.3 Å². The third-order valence-electron chi connectivity index (χ3n) is 4.15. The number of hydrogen-bond acceptors (Lipinski definition) is 3. The van der Waals surface area contributed by atoms with E-state index in [1.165, 1.54) is 0 Å². The summed E-state index contributed by atoms with van der Waals surface area (Å²) in [4.78, 5) is 23.2. The van der Waals surface area contributed by atoms with Crippen molar-refractivity contribution in [2.24, 2.45) is 22.5 Å². The summed E-state index contributed by atoms with van der Waals surface area (Å²) in [5.41, 5.74) is 5.26. The predicted octanol–water partition coefficient (Wildman–Crippen LogP) is 1.05. The van der Waals surface area contributed by atoms with Crippen LogP contribution in [0.2, 0.25) is 0 Å². The summed E-state index contributed by atoms with van der Waals surface area (Å²) in [5, 5.41) is 2.45.